The highest BCUT2D eigenvalue weighted by molar-refractivity contribution is 5.80. The summed E-state index contributed by atoms with van der Waals surface area (Å²) in [5, 5.41) is 2.94. The van der Waals surface area contributed by atoms with Crippen LogP contribution in [-0.4, -0.2) is 50.1 Å². The summed E-state index contributed by atoms with van der Waals surface area (Å²) in [4.78, 5) is 26.1. The van der Waals surface area contributed by atoms with Gasteiger partial charge in [-0.1, -0.05) is 19.1 Å². The molecule has 1 heterocycles. The fourth-order valence-corrected chi connectivity index (χ4v) is 2.93. The summed E-state index contributed by atoms with van der Waals surface area (Å²) in [7, 11) is 1.59. The fourth-order valence-electron chi connectivity index (χ4n) is 2.93. The van der Waals surface area contributed by atoms with Crippen molar-refractivity contribution >= 4 is 11.8 Å². The Morgan fingerprint density at radius 1 is 1.20 bits per heavy atom. The van der Waals surface area contributed by atoms with Crippen LogP contribution in [0.5, 0.6) is 11.5 Å². The minimum Gasteiger partial charge on any atom is -0.493 e. The van der Waals surface area contributed by atoms with E-state index in [4.69, 9.17) is 9.47 Å². The van der Waals surface area contributed by atoms with Crippen LogP contribution in [0.25, 0.3) is 0 Å². The van der Waals surface area contributed by atoms with Crippen LogP contribution in [0.15, 0.2) is 24.3 Å². The van der Waals surface area contributed by atoms with Gasteiger partial charge in [0.25, 0.3) is 0 Å². The molecule has 2 amide bonds. The summed E-state index contributed by atoms with van der Waals surface area (Å²) >= 11 is 0. The highest BCUT2D eigenvalue weighted by atomic mass is 16.5. The molecular weight excluding hydrogens is 320 g/mol. The molecule has 1 fully saturated rings. The summed E-state index contributed by atoms with van der Waals surface area (Å²) in [6.07, 6.45) is 2.73. The number of piperidine rings is 1. The first-order valence-electron chi connectivity index (χ1n) is 8.97. The Kier molecular flexibility index (Phi) is 7.57. The predicted octanol–water partition coefficient (Wildman–Crippen LogP) is 2.23. The van der Waals surface area contributed by atoms with Gasteiger partial charge in [0, 0.05) is 25.6 Å². The average Bonchev–Trinajstić information content (AvgIpc) is 2.66. The zero-order chi connectivity index (χ0) is 18.1. The Labute approximate surface area is 149 Å². The Bertz CT molecular complexity index is 568. The second-order valence-corrected chi connectivity index (χ2v) is 6.20. The molecule has 6 nitrogen and oxygen atoms in total. The molecule has 2 rings (SSSR count). The number of methoxy groups -OCH3 is 1. The van der Waals surface area contributed by atoms with Crippen molar-refractivity contribution in [3.8, 4) is 11.5 Å². The molecule has 25 heavy (non-hydrogen) atoms. The number of hydrogen-bond donors (Lipinski definition) is 1. The van der Waals surface area contributed by atoms with Crippen molar-refractivity contribution in [2.24, 2.45) is 5.92 Å². The molecule has 0 aromatic heterocycles. The van der Waals surface area contributed by atoms with E-state index in [1.807, 2.05) is 36.1 Å². The Hall–Kier alpha value is -2.24. The van der Waals surface area contributed by atoms with Crippen LogP contribution in [0.3, 0.4) is 0 Å². The smallest absolute Gasteiger partial charge is 0.225 e. The molecule has 0 bridgehead atoms. The zero-order valence-corrected chi connectivity index (χ0v) is 15.1. The first-order chi connectivity index (χ1) is 12.2. The minimum absolute atomic E-state index is 0.0282. The molecule has 1 saturated heterocycles. The van der Waals surface area contributed by atoms with Gasteiger partial charge in [-0.25, -0.2) is 0 Å². The molecule has 1 N–H and O–H groups in total. The lowest BCUT2D eigenvalue weighted by molar-refractivity contribution is -0.136. The van der Waals surface area contributed by atoms with E-state index in [0.29, 0.717) is 37.6 Å². The highest BCUT2D eigenvalue weighted by Crippen LogP contribution is 2.26. The van der Waals surface area contributed by atoms with E-state index in [9.17, 15) is 9.59 Å². The molecule has 0 spiro atoms. The van der Waals surface area contributed by atoms with E-state index in [1.165, 1.54) is 0 Å². The minimum atomic E-state index is 0.0282. The molecule has 1 aromatic carbocycles. The van der Waals surface area contributed by atoms with Gasteiger partial charge in [-0.2, -0.15) is 0 Å². The Morgan fingerprint density at radius 3 is 2.52 bits per heavy atom. The largest absolute Gasteiger partial charge is 0.493 e. The molecule has 0 radical (unpaired) electrons. The van der Waals surface area contributed by atoms with E-state index in [1.54, 1.807) is 7.11 Å². The second-order valence-electron chi connectivity index (χ2n) is 6.20. The highest BCUT2D eigenvalue weighted by Gasteiger charge is 2.26. The van der Waals surface area contributed by atoms with Crippen LogP contribution < -0.4 is 14.8 Å². The number of nitrogens with one attached hydrogen (secondary N) is 1. The molecule has 0 aliphatic carbocycles. The summed E-state index contributed by atoms with van der Waals surface area (Å²) < 4.78 is 10.9. The third-order valence-electron chi connectivity index (χ3n) is 4.41. The lowest BCUT2D eigenvalue weighted by Gasteiger charge is -2.31. The molecule has 1 aromatic rings. The molecule has 138 valence electrons. The van der Waals surface area contributed by atoms with E-state index in [2.05, 4.69) is 5.32 Å². The zero-order valence-electron chi connectivity index (χ0n) is 15.1. The number of amides is 2. The Balaban J connectivity index is 1.71. The average molecular weight is 348 g/mol. The summed E-state index contributed by atoms with van der Waals surface area (Å²) in [5.74, 6) is 1.52. The predicted molar refractivity (Wildman–Crippen MR) is 95.7 cm³/mol. The normalized spacial score (nSPS) is 14.9. The molecular formula is C19H28N2O4. The van der Waals surface area contributed by atoms with Crippen LogP contribution in [0.4, 0.5) is 0 Å². The molecule has 0 saturated carbocycles. The third kappa shape index (κ3) is 5.66. The van der Waals surface area contributed by atoms with Crippen LogP contribution in [0.2, 0.25) is 0 Å². The second kappa shape index (κ2) is 9.91. The van der Waals surface area contributed by atoms with Gasteiger partial charge in [-0.05, 0) is 31.4 Å². The number of benzene rings is 1. The van der Waals surface area contributed by atoms with E-state index in [-0.39, 0.29) is 17.7 Å². The van der Waals surface area contributed by atoms with Crippen molar-refractivity contribution in [2.45, 2.75) is 32.6 Å². The number of carbonyl (C=O) groups excluding carboxylic acids is 2. The number of likely N-dealkylation sites (tertiary alicyclic amines) is 1. The van der Waals surface area contributed by atoms with Crippen molar-refractivity contribution in [1.82, 2.24) is 10.2 Å². The number of rotatable bonds is 8. The maximum atomic E-state index is 12.3. The van der Waals surface area contributed by atoms with Gasteiger partial charge in [0.05, 0.1) is 20.1 Å². The Morgan fingerprint density at radius 2 is 1.88 bits per heavy atom. The van der Waals surface area contributed by atoms with Crippen LogP contribution in [0.1, 0.15) is 32.6 Å². The van der Waals surface area contributed by atoms with Crippen molar-refractivity contribution in [3.63, 3.8) is 0 Å². The SMILES string of the molecule is CCCNC(=O)C1CCN(C(=O)CCOc2ccccc2OC)CC1. The van der Waals surface area contributed by atoms with Gasteiger partial charge in [0.1, 0.15) is 0 Å². The lowest BCUT2D eigenvalue weighted by atomic mass is 9.95. The van der Waals surface area contributed by atoms with Gasteiger partial charge >= 0.3 is 0 Å². The van der Waals surface area contributed by atoms with E-state index < -0.39 is 0 Å². The first kappa shape index (κ1) is 19.1. The number of nitrogens with zero attached hydrogens (tertiary/aromatic N) is 1. The quantitative estimate of drug-likeness (QED) is 0.782. The number of ether oxygens (including phenoxy) is 2. The molecule has 0 unspecified atom stereocenters. The first-order valence-corrected chi connectivity index (χ1v) is 8.97. The van der Waals surface area contributed by atoms with Crippen molar-refractivity contribution in [3.05, 3.63) is 24.3 Å². The topological polar surface area (TPSA) is 67.9 Å². The van der Waals surface area contributed by atoms with Gasteiger partial charge in [-0.15, -0.1) is 0 Å². The molecule has 0 atom stereocenters. The number of para-hydroxylation sites is 2. The van der Waals surface area contributed by atoms with E-state index >= 15 is 0 Å². The van der Waals surface area contributed by atoms with Crippen LogP contribution in [-0.2, 0) is 9.59 Å². The third-order valence-corrected chi connectivity index (χ3v) is 4.41. The van der Waals surface area contributed by atoms with Gasteiger partial charge in [0.2, 0.25) is 11.8 Å². The number of hydrogen-bond acceptors (Lipinski definition) is 4. The maximum Gasteiger partial charge on any atom is 0.225 e. The van der Waals surface area contributed by atoms with Crippen molar-refractivity contribution in [2.75, 3.05) is 33.4 Å². The fraction of sp³-hybridized carbons (Fsp3) is 0.579. The van der Waals surface area contributed by atoms with Crippen molar-refractivity contribution < 1.29 is 19.1 Å². The van der Waals surface area contributed by atoms with Gasteiger partial charge < -0.3 is 19.7 Å². The van der Waals surface area contributed by atoms with Crippen LogP contribution in [0, 0.1) is 5.92 Å². The van der Waals surface area contributed by atoms with E-state index in [0.717, 1.165) is 25.8 Å². The maximum absolute atomic E-state index is 12.3. The summed E-state index contributed by atoms with van der Waals surface area (Å²) in [5.41, 5.74) is 0. The molecule has 1 aliphatic rings. The lowest BCUT2D eigenvalue weighted by Crippen LogP contribution is -2.43. The van der Waals surface area contributed by atoms with Crippen molar-refractivity contribution in [1.29, 1.82) is 0 Å². The molecule has 1 aliphatic heterocycles. The summed E-state index contributed by atoms with van der Waals surface area (Å²) in [6, 6.07) is 7.39. The molecule has 6 heteroatoms. The monoisotopic (exact) mass is 348 g/mol. The standard InChI is InChI=1S/C19H28N2O4/c1-3-11-20-19(23)15-8-12-21(13-9-15)18(22)10-14-25-17-7-5-4-6-16(17)24-2/h4-7,15H,3,8-14H2,1-2H3,(H,20,23). The number of carbonyl (C=O) groups is 2. The van der Waals surface area contributed by atoms with Crippen LogP contribution >= 0.6 is 0 Å². The van der Waals surface area contributed by atoms with Gasteiger partial charge in [0.15, 0.2) is 11.5 Å². The van der Waals surface area contributed by atoms with Gasteiger partial charge in [-0.3, -0.25) is 9.59 Å². The summed E-state index contributed by atoms with van der Waals surface area (Å²) in [6.45, 7) is 4.35.